The summed E-state index contributed by atoms with van der Waals surface area (Å²) in [6.07, 6.45) is 3.66. The van der Waals surface area contributed by atoms with Crippen molar-refractivity contribution < 1.29 is 14.0 Å². The Morgan fingerprint density at radius 2 is 2.09 bits per heavy atom. The van der Waals surface area contributed by atoms with Crippen LogP contribution in [0, 0.1) is 5.82 Å². The lowest BCUT2D eigenvalue weighted by Gasteiger charge is -2.37. The van der Waals surface area contributed by atoms with Gasteiger partial charge in [0.05, 0.1) is 5.71 Å². The van der Waals surface area contributed by atoms with Crippen LogP contribution in [-0.2, 0) is 9.63 Å². The summed E-state index contributed by atoms with van der Waals surface area (Å²) in [5.41, 5.74) is 0.542. The standard InChI is InChI=1S/C17H21FN2O2/c1-12-5-3-4-10-20(12)16(21)17(2)11-15(19-22-17)13-6-8-14(18)9-7-13/h6-9,12H,3-5,10-11H2,1-2H3. The number of carbonyl (C=O) groups is 1. The van der Waals surface area contributed by atoms with Crippen LogP contribution < -0.4 is 0 Å². The zero-order chi connectivity index (χ0) is 15.7. The average molecular weight is 304 g/mol. The molecule has 0 aliphatic carbocycles. The highest BCUT2D eigenvalue weighted by molar-refractivity contribution is 6.05. The summed E-state index contributed by atoms with van der Waals surface area (Å²) in [6, 6.07) is 6.36. The molecule has 118 valence electrons. The van der Waals surface area contributed by atoms with Gasteiger partial charge in [0.25, 0.3) is 5.91 Å². The fourth-order valence-electron chi connectivity index (χ4n) is 3.16. The number of oxime groups is 1. The molecule has 0 bridgehead atoms. The second-order valence-corrected chi connectivity index (χ2v) is 6.39. The molecule has 1 amide bonds. The van der Waals surface area contributed by atoms with Crippen molar-refractivity contribution in [1.82, 2.24) is 4.90 Å². The molecule has 0 radical (unpaired) electrons. The number of hydrogen-bond donors (Lipinski definition) is 0. The lowest BCUT2D eigenvalue weighted by molar-refractivity contribution is -0.156. The topological polar surface area (TPSA) is 41.9 Å². The second kappa shape index (κ2) is 5.71. The van der Waals surface area contributed by atoms with Crippen molar-refractivity contribution >= 4 is 11.6 Å². The van der Waals surface area contributed by atoms with Crippen LogP contribution >= 0.6 is 0 Å². The summed E-state index contributed by atoms with van der Waals surface area (Å²) in [4.78, 5) is 20.2. The van der Waals surface area contributed by atoms with Crippen LogP contribution in [0.5, 0.6) is 0 Å². The Bertz CT molecular complexity index is 599. The van der Waals surface area contributed by atoms with Gasteiger partial charge in [0.2, 0.25) is 5.60 Å². The van der Waals surface area contributed by atoms with E-state index in [9.17, 15) is 9.18 Å². The molecule has 2 aliphatic rings. The van der Waals surface area contributed by atoms with Crippen molar-refractivity contribution in [2.75, 3.05) is 6.54 Å². The Morgan fingerprint density at radius 3 is 2.77 bits per heavy atom. The zero-order valence-electron chi connectivity index (χ0n) is 13.0. The normalized spacial score (nSPS) is 28.2. The van der Waals surface area contributed by atoms with E-state index < -0.39 is 5.60 Å². The fraction of sp³-hybridized carbons (Fsp3) is 0.529. The van der Waals surface area contributed by atoms with Crippen LogP contribution in [0.25, 0.3) is 0 Å². The number of halogens is 1. The van der Waals surface area contributed by atoms with E-state index in [0.29, 0.717) is 12.1 Å². The number of carbonyl (C=O) groups excluding carboxylic acids is 1. The molecule has 0 saturated carbocycles. The van der Waals surface area contributed by atoms with Gasteiger partial charge in [-0.2, -0.15) is 0 Å². The third kappa shape index (κ3) is 2.72. The van der Waals surface area contributed by atoms with E-state index in [0.717, 1.165) is 24.9 Å². The molecule has 1 saturated heterocycles. The minimum atomic E-state index is -0.949. The maximum atomic E-state index is 13.0. The fourth-order valence-corrected chi connectivity index (χ4v) is 3.16. The van der Waals surface area contributed by atoms with Gasteiger partial charge in [0, 0.05) is 19.0 Å². The quantitative estimate of drug-likeness (QED) is 0.842. The molecule has 0 spiro atoms. The molecule has 5 heteroatoms. The lowest BCUT2D eigenvalue weighted by Crippen LogP contribution is -2.52. The van der Waals surface area contributed by atoms with E-state index in [1.807, 2.05) is 4.90 Å². The number of piperidine rings is 1. The Hall–Kier alpha value is -1.91. The van der Waals surface area contributed by atoms with E-state index in [1.54, 1.807) is 19.1 Å². The Kier molecular flexibility index (Phi) is 3.89. The maximum absolute atomic E-state index is 13.0. The first-order chi connectivity index (χ1) is 10.5. The van der Waals surface area contributed by atoms with E-state index in [-0.39, 0.29) is 17.8 Å². The Morgan fingerprint density at radius 1 is 1.36 bits per heavy atom. The predicted molar refractivity (Wildman–Crippen MR) is 82.1 cm³/mol. The number of likely N-dealkylation sites (tertiary alicyclic amines) is 1. The van der Waals surface area contributed by atoms with Crippen molar-refractivity contribution in [1.29, 1.82) is 0 Å². The van der Waals surface area contributed by atoms with Gasteiger partial charge in [0.1, 0.15) is 5.82 Å². The molecular weight excluding hydrogens is 283 g/mol. The molecule has 2 aliphatic heterocycles. The highest BCUT2D eigenvalue weighted by Crippen LogP contribution is 2.31. The summed E-state index contributed by atoms with van der Waals surface area (Å²) in [5, 5.41) is 4.08. The molecule has 3 rings (SSSR count). The summed E-state index contributed by atoms with van der Waals surface area (Å²) in [5.74, 6) is -0.287. The highest BCUT2D eigenvalue weighted by Gasteiger charge is 2.45. The van der Waals surface area contributed by atoms with Crippen molar-refractivity contribution in [2.24, 2.45) is 5.16 Å². The summed E-state index contributed by atoms with van der Waals surface area (Å²) < 4.78 is 13.0. The SMILES string of the molecule is CC1CCCCN1C(=O)C1(C)CC(c2ccc(F)cc2)=NO1. The van der Waals surface area contributed by atoms with Gasteiger partial charge in [-0.05, 0) is 50.8 Å². The van der Waals surface area contributed by atoms with E-state index in [2.05, 4.69) is 12.1 Å². The third-order valence-electron chi connectivity index (χ3n) is 4.56. The van der Waals surface area contributed by atoms with Crippen molar-refractivity contribution in [2.45, 2.75) is 51.2 Å². The van der Waals surface area contributed by atoms with Gasteiger partial charge in [-0.25, -0.2) is 4.39 Å². The second-order valence-electron chi connectivity index (χ2n) is 6.39. The number of nitrogens with zero attached hydrogens (tertiary/aromatic N) is 2. The van der Waals surface area contributed by atoms with Crippen LogP contribution in [0.1, 0.15) is 45.1 Å². The molecule has 0 N–H and O–H groups in total. The number of rotatable bonds is 2. The Balaban J connectivity index is 1.73. The third-order valence-corrected chi connectivity index (χ3v) is 4.56. The summed E-state index contributed by atoms with van der Waals surface area (Å²) in [7, 11) is 0. The maximum Gasteiger partial charge on any atom is 0.269 e. The minimum Gasteiger partial charge on any atom is -0.379 e. The lowest BCUT2D eigenvalue weighted by atomic mass is 9.92. The van der Waals surface area contributed by atoms with Crippen molar-refractivity contribution in [3.05, 3.63) is 35.6 Å². The number of amides is 1. The van der Waals surface area contributed by atoms with Crippen LogP contribution in [0.15, 0.2) is 29.4 Å². The first-order valence-electron chi connectivity index (χ1n) is 7.82. The van der Waals surface area contributed by atoms with Gasteiger partial charge in [-0.15, -0.1) is 0 Å². The molecule has 1 aromatic carbocycles. The molecule has 22 heavy (non-hydrogen) atoms. The molecule has 2 unspecified atom stereocenters. The molecule has 4 nitrogen and oxygen atoms in total. The molecular formula is C17H21FN2O2. The summed E-state index contributed by atoms with van der Waals surface area (Å²) in [6.45, 7) is 4.65. The Labute approximate surface area is 129 Å². The molecule has 2 heterocycles. The van der Waals surface area contributed by atoms with Gasteiger partial charge in [-0.1, -0.05) is 17.3 Å². The highest BCUT2D eigenvalue weighted by atomic mass is 19.1. The number of benzene rings is 1. The predicted octanol–water partition coefficient (Wildman–Crippen LogP) is 3.11. The molecule has 1 fully saturated rings. The monoisotopic (exact) mass is 304 g/mol. The van der Waals surface area contributed by atoms with Crippen molar-refractivity contribution in [3.8, 4) is 0 Å². The number of hydrogen-bond acceptors (Lipinski definition) is 3. The van der Waals surface area contributed by atoms with Gasteiger partial charge in [0.15, 0.2) is 0 Å². The first kappa shape index (κ1) is 15.0. The van der Waals surface area contributed by atoms with E-state index in [4.69, 9.17) is 4.84 Å². The van der Waals surface area contributed by atoms with Crippen LogP contribution in [0.3, 0.4) is 0 Å². The van der Waals surface area contributed by atoms with Gasteiger partial charge >= 0.3 is 0 Å². The van der Waals surface area contributed by atoms with Crippen LogP contribution in [0.2, 0.25) is 0 Å². The minimum absolute atomic E-state index is 0.000520. The largest absolute Gasteiger partial charge is 0.379 e. The van der Waals surface area contributed by atoms with E-state index >= 15 is 0 Å². The smallest absolute Gasteiger partial charge is 0.269 e. The summed E-state index contributed by atoms with van der Waals surface area (Å²) >= 11 is 0. The van der Waals surface area contributed by atoms with Gasteiger partial charge < -0.3 is 9.74 Å². The molecule has 1 aromatic rings. The molecule has 0 aromatic heterocycles. The first-order valence-corrected chi connectivity index (χ1v) is 7.82. The van der Waals surface area contributed by atoms with Gasteiger partial charge in [-0.3, -0.25) is 4.79 Å². The zero-order valence-corrected chi connectivity index (χ0v) is 13.0. The molecule has 2 atom stereocenters. The van der Waals surface area contributed by atoms with E-state index in [1.165, 1.54) is 18.6 Å². The van der Waals surface area contributed by atoms with Crippen molar-refractivity contribution in [3.63, 3.8) is 0 Å². The van der Waals surface area contributed by atoms with Crippen LogP contribution in [-0.4, -0.2) is 34.7 Å². The van der Waals surface area contributed by atoms with Crippen LogP contribution in [0.4, 0.5) is 4.39 Å². The average Bonchev–Trinajstić information content (AvgIpc) is 2.92.